The number of rotatable bonds is 3. The van der Waals surface area contributed by atoms with E-state index in [9.17, 15) is 0 Å². The molecule has 0 bridgehead atoms. The number of benzene rings is 2. The summed E-state index contributed by atoms with van der Waals surface area (Å²) in [6.07, 6.45) is 4.57. The van der Waals surface area contributed by atoms with Crippen LogP contribution in [-0.4, -0.2) is 0 Å². The molecule has 118 valence electrons. The van der Waals surface area contributed by atoms with Gasteiger partial charge in [-0.2, -0.15) is 0 Å². The van der Waals surface area contributed by atoms with Gasteiger partial charge in [-0.15, -0.1) is 0 Å². The summed E-state index contributed by atoms with van der Waals surface area (Å²) in [6, 6.07) is 17.7. The predicted molar refractivity (Wildman–Crippen MR) is 100 cm³/mol. The van der Waals surface area contributed by atoms with E-state index in [2.05, 4.69) is 87.2 Å². The third-order valence-corrected chi connectivity index (χ3v) is 4.63. The molecule has 0 aromatic heterocycles. The lowest BCUT2D eigenvalue weighted by Gasteiger charge is -2.28. The second-order valence-electron chi connectivity index (χ2n) is 6.45. The molecule has 3 rings (SSSR count). The molecule has 0 heterocycles. The Balaban J connectivity index is 2.16. The van der Waals surface area contributed by atoms with Crippen LogP contribution in [0.25, 0.3) is 0 Å². The Morgan fingerprint density at radius 1 is 0.739 bits per heavy atom. The summed E-state index contributed by atoms with van der Waals surface area (Å²) in [6.45, 7) is 8.69. The van der Waals surface area contributed by atoms with Crippen molar-refractivity contribution in [3.63, 3.8) is 0 Å². The van der Waals surface area contributed by atoms with Crippen LogP contribution >= 0.6 is 0 Å². The van der Waals surface area contributed by atoms with Gasteiger partial charge in [0.1, 0.15) is 0 Å². The van der Waals surface area contributed by atoms with Gasteiger partial charge >= 0.3 is 0 Å². The van der Waals surface area contributed by atoms with Crippen molar-refractivity contribution in [3.8, 4) is 0 Å². The van der Waals surface area contributed by atoms with Crippen LogP contribution in [0, 0.1) is 13.8 Å². The Hall–Kier alpha value is -2.28. The molecule has 0 N–H and O–H groups in total. The third kappa shape index (κ3) is 3.10. The SMILES string of the molecule is C/C=C1\CCC(C)=C1N(c1ccc(C)cc1)c1ccc(C)cc1. The van der Waals surface area contributed by atoms with Crippen molar-refractivity contribution in [1.82, 2.24) is 0 Å². The lowest BCUT2D eigenvalue weighted by molar-refractivity contribution is 1.01. The second-order valence-corrected chi connectivity index (χ2v) is 6.45. The molecular formula is C22H25N. The largest absolute Gasteiger partial charge is 0.310 e. The van der Waals surface area contributed by atoms with Gasteiger partial charge in [0, 0.05) is 17.1 Å². The van der Waals surface area contributed by atoms with Crippen molar-refractivity contribution < 1.29 is 0 Å². The van der Waals surface area contributed by atoms with Crippen LogP contribution < -0.4 is 4.90 Å². The van der Waals surface area contributed by atoms with Crippen molar-refractivity contribution in [2.75, 3.05) is 4.90 Å². The first-order valence-electron chi connectivity index (χ1n) is 8.39. The molecule has 0 radical (unpaired) electrons. The average Bonchev–Trinajstić information content (AvgIpc) is 2.92. The normalized spacial score (nSPS) is 16.3. The minimum absolute atomic E-state index is 1.14. The zero-order valence-corrected chi connectivity index (χ0v) is 14.6. The van der Waals surface area contributed by atoms with Crippen molar-refractivity contribution in [1.29, 1.82) is 0 Å². The fourth-order valence-corrected chi connectivity index (χ4v) is 3.24. The minimum Gasteiger partial charge on any atom is -0.310 e. The molecule has 0 atom stereocenters. The topological polar surface area (TPSA) is 3.24 Å². The zero-order chi connectivity index (χ0) is 16.4. The van der Waals surface area contributed by atoms with E-state index >= 15 is 0 Å². The van der Waals surface area contributed by atoms with E-state index in [1.54, 1.807) is 0 Å². The standard InChI is InChI=1S/C22H25N/c1-5-19-11-10-18(4)22(19)23(20-12-6-16(2)7-13-20)21-14-8-17(3)9-15-21/h5-9,12-15H,10-11H2,1-4H3/b19-5+. The van der Waals surface area contributed by atoms with Crippen LogP contribution in [0.1, 0.15) is 37.8 Å². The number of hydrogen-bond donors (Lipinski definition) is 0. The van der Waals surface area contributed by atoms with Gasteiger partial charge < -0.3 is 4.90 Å². The fourth-order valence-electron chi connectivity index (χ4n) is 3.24. The third-order valence-electron chi connectivity index (χ3n) is 4.63. The quantitative estimate of drug-likeness (QED) is 0.629. The number of allylic oxidation sites excluding steroid dienone is 3. The molecular weight excluding hydrogens is 278 g/mol. The molecule has 23 heavy (non-hydrogen) atoms. The average molecular weight is 303 g/mol. The maximum Gasteiger partial charge on any atom is 0.0479 e. The summed E-state index contributed by atoms with van der Waals surface area (Å²) in [4.78, 5) is 2.41. The summed E-state index contributed by atoms with van der Waals surface area (Å²) in [5, 5.41) is 0. The summed E-state index contributed by atoms with van der Waals surface area (Å²) < 4.78 is 0. The molecule has 0 amide bonds. The lowest BCUT2D eigenvalue weighted by atomic mass is 10.1. The molecule has 1 aliphatic rings. The van der Waals surface area contributed by atoms with Gasteiger partial charge in [0.15, 0.2) is 0 Å². The fraction of sp³-hybridized carbons (Fsp3) is 0.273. The maximum absolute atomic E-state index is 2.41. The number of hydrogen-bond acceptors (Lipinski definition) is 1. The molecule has 2 aromatic rings. The molecule has 0 saturated carbocycles. The summed E-state index contributed by atoms with van der Waals surface area (Å²) in [7, 11) is 0. The van der Waals surface area contributed by atoms with Gasteiger partial charge in [0.25, 0.3) is 0 Å². The van der Waals surface area contributed by atoms with Crippen LogP contribution in [0.15, 0.2) is 71.5 Å². The first kappa shape index (κ1) is 15.6. The molecule has 0 unspecified atom stereocenters. The number of nitrogens with zero attached hydrogens (tertiary/aromatic N) is 1. The van der Waals surface area contributed by atoms with Crippen molar-refractivity contribution in [2.24, 2.45) is 0 Å². The second kappa shape index (κ2) is 6.45. The number of aryl methyl sites for hydroxylation is 2. The Morgan fingerprint density at radius 3 is 1.65 bits per heavy atom. The van der Waals surface area contributed by atoms with E-state index < -0.39 is 0 Å². The van der Waals surface area contributed by atoms with E-state index in [0.717, 1.165) is 12.8 Å². The van der Waals surface area contributed by atoms with Gasteiger partial charge in [0.05, 0.1) is 0 Å². The summed E-state index contributed by atoms with van der Waals surface area (Å²) in [5.74, 6) is 0. The monoisotopic (exact) mass is 303 g/mol. The first-order chi connectivity index (χ1) is 11.1. The Morgan fingerprint density at radius 2 is 1.22 bits per heavy atom. The van der Waals surface area contributed by atoms with E-state index in [-0.39, 0.29) is 0 Å². The van der Waals surface area contributed by atoms with E-state index in [4.69, 9.17) is 0 Å². The summed E-state index contributed by atoms with van der Waals surface area (Å²) >= 11 is 0. The molecule has 0 aliphatic heterocycles. The van der Waals surface area contributed by atoms with E-state index in [1.165, 1.54) is 39.3 Å². The van der Waals surface area contributed by atoms with Crippen LogP contribution in [0.3, 0.4) is 0 Å². The smallest absolute Gasteiger partial charge is 0.0479 e. The van der Waals surface area contributed by atoms with Gasteiger partial charge in [-0.1, -0.05) is 41.5 Å². The molecule has 0 saturated heterocycles. The zero-order valence-electron chi connectivity index (χ0n) is 14.6. The van der Waals surface area contributed by atoms with Crippen LogP contribution in [0.2, 0.25) is 0 Å². The van der Waals surface area contributed by atoms with Crippen LogP contribution in [0.5, 0.6) is 0 Å². The Labute approximate surface area is 140 Å². The van der Waals surface area contributed by atoms with Crippen molar-refractivity contribution in [3.05, 3.63) is 82.6 Å². The van der Waals surface area contributed by atoms with Crippen LogP contribution in [-0.2, 0) is 0 Å². The van der Waals surface area contributed by atoms with Gasteiger partial charge in [-0.3, -0.25) is 0 Å². The Bertz CT molecular complexity index is 700. The van der Waals surface area contributed by atoms with Crippen molar-refractivity contribution >= 4 is 11.4 Å². The number of anilines is 2. The van der Waals surface area contributed by atoms with Gasteiger partial charge in [-0.05, 0) is 75.9 Å². The predicted octanol–water partition coefficient (Wildman–Crippen LogP) is 6.46. The maximum atomic E-state index is 2.41. The molecule has 1 aliphatic carbocycles. The molecule has 0 fully saturated rings. The molecule has 2 aromatic carbocycles. The van der Waals surface area contributed by atoms with Crippen LogP contribution in [0.4, 0.5) is 11.4 Å². The summed E-state index contributed by atoms with van der Waals surface area (Å²) in [5.41, 5.74) is 9.34. The highest BCUT2D eigenvalue weighted by molar-refractivity contribution is 5.73. The molecule has 0 spiro atoms. The van der Waals surface area contributed by atoms with E-state index in [0.29, 0.717) is 0 Å². The highest BCUT2D eigenvalue weighted by atomic mass is 15.2. The lowest BCUT2D eigenvalue weighted by Crippen LogP contribution is -2.17. The first-order valence-corrected chi connectivity index (χ1v) is 8.39. The van der Waals surface area contributed by atoms with Crippen molar-refractivity contribution in [2.45, 2.75) is 40.5 Å². The molecule has 1 heteroatoms. The highest BCUT2D eigenvalue weighted by Gasteiger charge is 2.24. The minimum atomic E-state index is 1.14. The van der Waals surface area contributed by atoms with E-state index in [1.807, 2.05) is 0 Å². The Kier molecular flexibility index (Phi) is 4.38. The van der Waals surface area contributed by atoms with Gasteiger partial charge in [0.2, 0.25) is 0 Å². The highest BCUT2D eigenvalue weighted by Crippen LogP contribution is 2.40. The molecule has 1 nitrogen and oxygen atoms in total. The van der Waals surface area contributed by atoms with Gasteiger partial charge in [-0.25, -0.2) is 0 Å².